The Morgan fingerprint density at radius 1 is 1.19 bits per heavy atom. The number of nitrogens with one attached hydrogen (secondary N) is 1. The lowest BCUT2D eigenvalue weighted by Crippen LogP contribution is -2.49. The van der Waals surface area contributed by atoms with Crippen LogP contribution < -0.4 is 5.32 Å². The lowest BCUT2D eigenvalue weighted by Gasteiger charge is -2.36. The molecule has 3 heteroatoms. The molecular weight excluding hydrogens is 220 g/mol. The summed E-state index contributed by atoms with van der Waals surface area (Å²) in [5.74, 6) is 0. The Hall–Kier alpha value is -0.570. The van der Waals surface area contributed by atoms with E-state index in [-0.39, 0.29) is 12.4 Å². The molecule has 0 aliphatic carbocycles. The second-order valence-electron chi connectivity index (χ2n) is 4.66. The molecule has 2 nitrogen and oxygen atoms in total. The van der Waals surface area contributed by atoms with Crippen molar-refractivity contribution >= 4 is 12.4 Å². The lowest BCUT2D eigenvalue weighted by molar-refractivity contribution is 0.174. The van der Waals surface area contributed by atoms with Gasteiger partial charge in [0.05, 0.1) is 0 Å². The molecule has 3 rings (SSSR count). The number of nitrogens with zero attached hydrogens (tertiary/aromatic N) is 1. The molecular formula is C13H19ClN2. The zero-order valence-corrected chi connectivity index (χ0v) is 10.2. The van der Waals surface area contributed by atoms with E-state index in [4.69, 9.17) is 0 Å². The molecule has 0 radical (unpaired) electrons. The van der Waals surface area contributed by atoms with E-state index in [1.54, 1.807) is 0 Å². The van der Waals surface area contributed by atoms with Gasteiger partial charge >= 0.3 is 0 Å². The van der Waals surface area contributed by atoms with Crippen LogP contribution in [0.4, 0.5) is 0 Å². The van der Waals surface area contributed by atoms with Crippen LogP contribution in [0.5, 0.6) is 0 Å². The quantitative estimate of drug-likeness (QED) is 0.807. The van der Waals surface area contributed by atoms with Crippen molar-refractivity contribution in [1.82, 2.24) is 10.2 Å². The first-order chi connectivity index (χ1) is 7.43. The monoisotopic (exact) mass is 238 g/mol. The second kappa shape index (κ2) is 5.17. The summed E-state index contributed by atoms with van der Waals surface area (Å²) in [7, 11) is 0. The average Bonchev–Trinajstić information content (AvgIpc) is 2.77. The summed E-state index contributed by atoms with van der Waals surface area (Å²) < 4.78 is 0. The molecule has 0 saturated carbocycles. The molecule has 1 aromatic carbocycles. The number of piperazine rings is 1. The first-order valence-electron chi connectivity index (χ1n) is 5.96. The maximum absolute atomic E-state index is 3.67. The minimum Gasteiger partial charge on any atom is -0.307 e. The number of rotatable bonds is 1. The zero-order chi connectivity index (χ0) is 10.1. The van der Waals surface area contributed by atoms with Crippen molar-refractivity contribution in [2.24, 2.45) is 0 Å². The fraction of sp³-hybridized carbons (Fsp3) is 0.538. The molecule has 2 atom stereocenters. The molecule has 2 fully saturated rings. The maximum atomic E-state index is 3.67. The first-order valence-corrected chi connectivity index (χ1v) is 5.96. The third-order valence-electron chi connectivity index (χ3n) is 3.72. The highest BCUT2D eigenvalue weighted by Crippen LogP contribution is 2.25. The molecule has 88 valence electrons. The van der Waals surface area contributed by atoms with E-state index in [9.17, 15) is 0 Å². The number of benzene rings is 1. The van der Waals surface area contributed by atoms with Crippen LogP contribution in [0.2, 0.25) is 0 Å². The van der Waals surface area contributed by atoms with Crippen LogP contribution in [0.1, 0.15) is 24.4 Å². The summed E-state index contributed by atoms with van der Waals surface area (Å²) in [6.45, 7) is 3.66. The highest BCUT2D eigenvalue weighted by molar-refractivity contribution is 5.85. The lowest BCUT2D eigenvalue weighted by atomic mass is 10.0. The normalized spacial score (nSPS) is 29.5. The largest absolute Gasteiger partial charge is 0.307 e. The molecule has 0 aromatic heterocycles. The summed E-state index contributed by atoms with van der Waals surface area (Å²) in [5.41, 5.74) is 1.43. The minimum atomic E-state index is 0. The topological polar surface area (TPSA) is 15.3 Å². The van der Waals surface area contributed by atoms with Gasteiger partial charge in [-0.3, -0.25) is 4.90 Å². The Morgan fingerprint density at radius 2 is 2.00 bits per heavy atom. The molecule has 2 aliphatic rings. The maximum Gasteiger partial charge on any atom is 0.0449 e. The zero-order valence-electron chi connectivity index (χ0n) is 9.43. The molecule has 1 N–H and O–H groups in total. The summed E-state index contributed by atoms with van der Waals surface area (Å²) in [6, 6.07) is 12.2. The van der Waals surface area contributed by atoms with Crippen LogP contribution in [-0.2, 0) is 0 Å². The van der Waals surface area contributed by atoms with E-state index >= 15 is 0 Å². The number of hydrogen-bond acceptors (Lipinski definition) is 2. The van der Waals surface area contributed by atoms with Gasteiger partial charge in [0.25, 0.3) is 0 Å². The predicted octanol–water partition coefficient (Wildman–Crippen LogP) is 2.22. The molecule has 0 bridgehead atoms. The second-order valence-corrected chi connectivity index (χ2v) is 4.66. The minimum absolute atomic E-state index is 0. The van der Waals surface area contributed by atoms with Crippen molar-refractivity contribution in [2.75, 3.05) is 19.6 Å². The van der Waals surface area contributed by atoms with Crippen molar-refractivity contribution < 1.29 is 0 Å². The van der Waals surface area contributed by atoms with Crippen molar-refractivity contribution in [2.45, 2.75) is 24.9 Å². The molecule has 16 heavy (non-hydrogen) atoms. The van der Waals surface area contributed by atoms with Gasteiger partial charge in [-0.25, -0.2) is 0 Å². The van der Waals surface area contributed by atoms with Crippen molar-refractivity contribution in [3.05, 3.63) is 35.9 Å². The highest BCUT2D eigenvalue weighted by atomic mass is 35.5. The summed E-state index contributed by atoms with van der Waals surface area (Å²) in [4.78, 5) is 2.65. The van der Waals surface area contributed by atoms with Gasteiger partial charge in [0.1, 0.15) is 0 Å². The molecule has 0 spiro atoms. The Balaban J connectivity index is 0.000000963. The van der Waals surface area contributed by atoms with Gasteiger partial charge < -0.3 is 5.32 Å². The SMILES string of the molecule is Cl.c1ccc(C2CN3CCCC3CN2)cc1. The summed E-state index contributed by atoms with van der Waals surface area (Å²) in [5, 5.41) is 3.67. The van der Waals surface area contributed by atoms with E-state index in [1.165, 1.54) is 38.0 Å². The van der Waals surface area contributed by atoms with Crippen LogP contribution in [0, 0.1) is 0 Å². The van der Waals surface area contributed by atoms with Crippen molar-refractivity contribution in [3.8, 4) is 0 Å². The highest BCUT2D eigenvalue weighted by Gasteiger charge is 2.31. The molecule has 2 saturated heterocycles. The van der Waals surface area contributed by atoms with E-state index in [1.807, 2.05) is 0 Å². The van der Waals surface area contributed by atoms with Crippen molar-refractivity contribution in [3.63, 3.8) is 0 Å². The van der Waals surface area contributed by atoms with Crippen LogP contribution in [0.25, 0.3) is 0 Å². The molecule has 1 aromatic rings. The van der Waals surface area contributed by atoms with Crippen LogP contribution >= 0.6 is 12.4 Å². The smallest absolute Gasteiger partial charge is 0.0449 e. The van der Waals surface area contributed by atoms with Crippen LogP contribution in [0.15, 0.2) is 30.3 Å². The average molecular weight is 239 g/mol. The molecule has 0 amide bonds. The Labute approximate surface area is 103 Å². The van der Waals surface area contributed by atoms with Gasteiger partial charge in [-0.2, -0.15) is 0 Å². The van der Waals surface area contributed by atoms with Gasteiger partial charge in [-0.15, -0.1) is 12.4 Å². The standard InChI is InChI=1S/C13H18N2.ClH/c1-2-5-11(6-3-1)13-10-15-8-4-7-12(15)9-14-13;/h1-3,5-6,12-14H,4,7-10H2;1H. The number of hydrogen-bond donors (Lipinski definition) is 1. The predicted molar refractivity (Wildman–Crippen MR) is 69.0 cm³/mol. The Morgan fingerprint density at radius 3 is 2.81 bits per heavy atom. The third-order valence-corrected chi connectivity index (χ3v) is 3.72. The van der Waals surface area contributed by atoms with E-state index < -0.39 is 0 Å². The van der Waals surface area contributed by atoms with Crippen LogP contribution in [0.3, 0.4) is 0 Å². The van der Waals surface area contributed by atoms with Crippen LogP contribution in [-0.4, -0.2) is 30.6 Å². The molecule has 2 unspecified atom stereocenters. The van der Waals surface area contributed by atoms with Gasteiger partial charge in [0.2, 0.25) is 0 Å². The first kappa shape index (κ1) is 11.9. The van der Waals surface area contributed by atoms with Gasteiger partial charge in [-0.05, 0) is 24.9 Å². The summed E-state index contributed by atoms with van der Waals surface area (Å²) >= 11 is 0. The number of halogens is 1. The van der Waals surface area contributed by atoms with E-state index in [2.05, 4.69) is 40.5 Å². The van der Waals surface area contributed by atoms with Gasteiger partial charge in [0.15, 0.2) is 0 Å². The Bertz CT molecular complexity index is 328. The van der Waals surface area contributed by atoms with E-state index in [0.29, 0.717) is 6.04 Å². The van der Waals surface area contributed by atoms with Gasteiger partial charge in [-0.1, -0.05) is 30.3 Å². The third kappa shape index (κ3) is 2.24. The summed E-state index contributed by atoms with van der Waals surface area (Å²) in [6.07, 6.45) is 2.77. The van der Waals surface area contributed by atoms with Crippen molar-refractivity contribution in [1.29, 1.82) is 0 Å². The fourth-order valence-corrected chi connectivity index (χ4v) is 2.85. The van der Waals surface area contributed by atoms with Gasteiger partial charge in [0, 0.05) is 25.2 Å². The Kier molecular flexibility index (Phi) is 3.85. The molecule has 2 heterocycles. The fourth-order valence-electron chi connectivity index (χ4n) is 2.85. The molecule has 2 aliphatic heterocycles. The van der Waals surface area contributed by atoms with E-state index in [0.717, 1.165) is 6.04 Å². The number of fused-ring (bicyclic) bond motifs is 1.